The fraction of sp³-hybridized carbons (Fsp3) is 0.767. The van der Waals surface area contributed by atoms with Gasteiger partial charge in [0.1, 0.15) is 31.0 Å². The van der Waals surface area contributed by atoms with Crippen LogP contribution in [0.1, 0.15) is 155 Å². The summed E-state index contributed by atoms with van der Waals surface area (Å²) in [4.78, 5) is 25.1. The zero-order valence-electron chi connectivity index (χ0n) is 33.0. The van der Waals surface area contributed by atoms with Crippen molar-refractivity contribution in [3.8, 4) is 0 Å². The first-order valence-electron chi connectivity index (χ1n) is 20.7. The first-order chi connectivity index (χ1) is 25.8. The van der Waals surface area contributed by atoms with E-state index < -0.39 is 55.4 Å². The van der Waals surface area contributed by atoms with Gasteiger partial charge in [-0.05, 0) is 51.4 Å². The number of aliphatic hydroxyl groups is 4. The molecule has 1 saturated heterocycles. The van der Waals surface area contributed by atoms with Gasteiger partial charge < -0.3 is 39.4 Å². The lowest BCUT2D eigenvalue weighted by atomic mass is 9.99. The van der Waals surface area contributed by atoms with Gasteiger partial charge in [0.15, 0.2) is 12.4 Å². The minimum Gasteiger partial charge on any atom is -0.462 e. The molecular weight excluding hydrogens is 676 g/mol. The molecule has 2 unspecified atom stereocenters. The SMILES string of the molecule is CCCCCCCCC/C=C/C/C=C/C/C=C/C/C=C/CCCC(=O)OC[C@@H](CO[C@H]1O[C@@H](CO)[C@@H](O)C(O)C1O)OC(=O)CCCCCCCCC. The molecule has 1 aliphatic rings. The summed E-state index contributed by atoms with van der Waals surface area (Å²) >= 11 is 0. The second-order valence-electron chi connectivity index (χ2n) is 14.1. The van der Waals surface area contributed by atoms with Crippen molar-refractivity contribution in [2.24, 2.45) is 0 Å². The van der Waals surface area contributed by atoms with E-state index in [0.717, 1.165) is 44.9 Å². The summed E-state index contributed by atoms with van der Waals surface area (Å²) in [7, 11) is 0. The Morgan fingerprint density at radius 3 is 1.64 bits per heavy atom. The molecule has 0 aromatic rings. The van der Waals surface area contributed by atoms with E-state index in [1.807, 2.05) is 6.08 Å². The molecule has 0 spiro atoms. The molecule has 0 bridgehead atoms. The van der Waals surface area contributed by atoms with Gasteiger partial charge in [-0.2, -0.15) is 0 Å². The van der Waals surface area contributed by atoms with Crippen molar-refractivity contribution in [2.45, 2.75) is 192 Å². The normalized spacial score (nSPS) is 21.4. The van der Waals surface area contributed by atoms with Gasteiger partial charge in [0.05, 0.1) is 13.2 Å². The molecule has 0 aromatic carbocycles. The fourth-order valence-corrected chi connectivity index (χ4v) is 5.89. The van der Waals surface area contributed by atoms with Gasteiger partial charge in [-0.3, -0.25) is 9.59 Å². The minimum absolute atomic E-state index is 0.199. The van der Waals surface area contributed by atoms with Gasteiger partial charge in [-0.25, -0.2) is 0 Å². The van der Waals surface area contributed by atoms with Crippen LogP contribution in [0.3, 0.4) is 0 Å². The summed E-state index contributed by atoms with van der Waals surface area (Å²) in [6.07, 6.45) is 31.6. The van der Waals surface area contributed by atoms with E-state index >= 15 is 0 Å². The highest BCUT2D eigenvalue weighted by molar-refractivity contribution is 5.70. The topological polar surface area (TPSA) is 152 Å². The third kappa shape index (κ3) is 26.2. The van der Waals surface area contributed by atoms with Gasteiger partial charge in [0.2, 0.25) is 0 Å². The van der Waals surface area contributed by atoms with Crippen LogP contribution in [0.2, 0.25) is 0 Å². The molecule has 306 valence electrons. The smallest absolute Gasteiger partial charge is 0.306 e. The molecule has 6 atom stereocenters. The molecule has 10 heteroatoms. The summed E-state index contributed by atoms with van der Waals surface area (Å²) in [5, 5.41) is 39.8. The Morgan fingerprint density at radius 1 is 0.585 bits per heavy atom. The number of carbonyl (C=O) groups excluding carboxylic acids is 2. The van der Waals surface area contributed by atoms with Crippen LogP contribution in [-0.2, 0) is 28.5 Å². The lowest BCUT2D eigenvalue weighted by Gasteiger charge is -2.39. The number of esters is 2. The first-order valence-corrected chi connectivity index (χ1v) is 20.7. The van der Waals surface area contributed by atoms with Crippen molar-refractivity contribution < 1.29 is 49.0 Å². The predicted molar refractivity (Wildman–Crippen MR) is 210 cm³/mol. The van der Waals surface area contributed by atoms with Gasteiger partial charge in [-0.1, -0.05) is 140 Å². The van der Waals surface area contributed by atoms with Crippen LogP contribution in [0.25, 0.3) is 0 Å². The Labute approximate surface area is 320 Å². The molecule has 53 heavy (non-hydrogen) atoms. The summed E-state index contributed by atoms with van der Waals surface area (Å²) in [6.45, 7) is 3.29. The molecule has 0 amide bonds. The molecule has 0 saturated carbocycles. The second-order valence-corrected chi connectivity index (χ2v) is 14.1. The second kappa shape index (κ2) is 34.2. The molecule has 1 aliphatic heterocycles. The van der Waals surface area contributed by atoms with Crippen molar-refractivity contribution in [2.75, 3.05) is 19.8 Å². The Morgan fingerprint density at radius 2 is 1.08 bits per heavy atom. The highest BCUT2D eigenvalue weighted by Crippen LogP contribution is 2.22. The minimum atomic E-state index is -1.60. The van der Waals surface area contributed by atoms with E-state index in [4.69, 9.17) is 18.9 Å². The lowest BCUT2D eigenvalue weighted by Crippen LogP contribution is -2.59. The monoisotopic (exact) mass is 751 g/mol. The quantitative estimate of drug-likeness (QED) is 0.0294. The van der Waals surface area contributed by atoms with Crippen molar-refractivity contribution in [1.82, 2.24) is 0 Å². The number of ether oxygens (including phenoxy) is 4. The van der Waals surface area contributed by atoms with Crippen LogP contribution in [-0.4, -0.2) is 89.0 Å². The summed E-state index contributed by atoms with van der Waals surface area (Å²) in [6, 6.07) is 0. The van der Waals surface area contributed by atoms with Gasteiger partial charge in [-0.15, -0.1) is 0 Å². The van der Waals surface area contributed by atoms with Gasteiger partial charge in [0, 0.05) is 12.8 Å². The van der Waals surface area contributed by atoms with Crippen molar-refractivity contribution >= 4 is 11.9 Å². The molecule has 10 nitrogen and oxygen atoms in total. The Kier molecular flexibility index (Phi) is 31.4. The van der Waals surface area contributed by atoms with Crippen LogP contribution in [0.15, 0.2) is 48.6 Å². The van der Waals surface area contributed by atoms with Crippen molar-refractivity contribution in [1.29, 1.82) is 0 Å². The fourth-order valence-electron chi connectivity index (χ4n) is 5.89. The third-order valence-electron chi connectivity index (χ3n) is 9.22. The summed E-state index contributed by atoms with van der Waals surface area (Å²) < 4.78 is 21.9. The lowest BCUT2D eigenvalue weighted by molar-refractivity contribution is -0.305. The summed E-state index contributed by atoms with van der Waals surface area (Å²) in [5.74, 6) is -0.882. The van der Waals surface area contributed by atoms with Crippen LogP contribution >= 0.6 is 0 Å². The predicted octanol–water partition coefficient (Wildman–Crippen LogP) is 8.10. The van der Waals surface area contributed by atoms with E-state index in [9.17, 15) is 30.0 Å². The van der Waals surface area contributed by atoms with E-state index in [2.05, 4.69) is 56.4 Å². The number of hydrogen-bond donors (Lipinski definition) is 4. The molecule has 1 fully saturated rings. The van der Waals surface area contributed by atoms with Crippen LogP contribution < -0.4 is 0 Å². The van der Waals surface area contributed by atoms with E-state index in [0.29, 0.717) is 12.8 Å². The summed E-state index contributed by atoms with van der Waals surface area (Å²) in [5.41, 5.74) is 0. The molecule has 0 aliphatic carbocycles. The van der Waals surface area contributed by atoms with Crippen LogP contribution in [0.5, 0.6) is 0 Å². The largest absolute Gasteiger partial charge is 0.462 e. The Bertz CT molecular complexity index is 1010. The van der Waals surface area contributed by atoms with Gasteiger partial charge in [0.25, 0.3) is 0 Å². The highest BCUT2D eigenvalue weighted by Gasteiger charge is 2.44. The molecular formula is C43H74O10. The Hall–Kier alpha value is -2.34. The Balaban J connectivity index is 2.33. The first kappa shape index (κ1) is 48.7. The van der Waals surface area contributed by atoms with E-state index in [-0.39, 0.29) is 26.1 Å². The van der Waals surface area contributed by atoms with Crippen LogP contribution in [0, 0.1) is 0 Å². The van der Waals surface area contributed by atoms with Crippen molar-refractivity contribution in [3.63, 3.8) is 0 Å². The molecule has 1 rings (SSSR count). The molecule has 1 heterocycles. The zero-order valence-corrected chi connectivity index (χ0v) is 33.0. The molecule has 4 N–H and O–H groups in total. The maximum absolute atomic E-state index is 12.6. The zero-order chi connectivity index (χ0) is 38.8. The maximum Gasteiger partial charge on any atom is 0.306 e. The standard InChI is InChI=1S/C43H74O10/c1-3-5-7-9-11-12-13-14-15-16-17-18-19-20-21-22-23-24-26-27-29-31-38(45)50-34-36(52-39(46)32-30-28-25-10-8-6-4-2)35-51-43-42(49)41(48)40(47)37(33-44)53-43/h15-16,18-19,21-22,24,26,36-37,40-44,47-49H,3-14,17,20,23,25,27-35H2,1-2H3/b16-15+,19-18+,22-21+,26-24+/t36-,37-,40+,41?,42?,43-/m0/s1. The average Bonchev–Trinajstić information content (AvgIpc) is 3.15. The molecule has 0 radical (unpaired) electrons. The number of rotatable bonds is 33. The number of unbranched alkanes of at least 4 members (excludes halogenated alkanes) is 14. The van der Waals surface area contributed by atoms with Gasteiger partial charge >= 0.3 is 11.9 Å². The van der Waals surface area contributed by atoms with E-state index in [1.54, 1.807) is 0 Å². The number of aliphatic hydroxyl groups excluding tert-OH is 4. The molecule has 0 aromatic heterocycles. The number of allylic oxidation sites excluding steroid dienone is 8. The van der Waals surface area contributed by atoms with Crippen molar-refractivity contribution in [3.05, 3.63) is 48.6 Å². The number of hydrogen-bond acceptors (Lipinski definition) is 10. The maximum atomic E-state index is 12.6. The third-order valence-corrected chi connectivity index (χ3v) is 9.22. The van der Waals surface area contributed by atoms with Crippen LogP contribution in [0.4, 0.5) is 0 Å². The number of carbonyl (C=O) groups is 2. The van der Waals surface area contributed by atoms with E-state index in [1.165, 1.54) is 70.6 Å². The average molecular weight is 751 g/mol. The highest BCUT2D eigenvalue weighted by atomic mass is 16.7.